The van der Waals surface area contributed by atoms with Crippen LogP contribution in [0.4, 0.5) is 0 Å². The van der Waals surface area contributed by atoms with Gasteiger partial charge in [-0.25, -0.2) is 0 Å². The maximum absolute atomic E-state index is 12.9. The zero-order chi connectivity index (χ0) is 16.5. The van der Waals surface area contributed by atoms with Gasteiger partial charge in [0.1, 0.15) is 11.4 Å². The van der Waals surface area contributed by atoms with Crippen LogP contribution in [0.15, 0.2) is 18.2 Å². The largest absolute Gasteiger partial charge is 0.497 e. The van der Waals surface area contributed by atoms with Crippen molar-refractivity contribution in [3.8, 4) is 17.0 Å². The van der Waals surface area contributed by atoms with Crippen molar-refractivity contribution in [3.05, 3.63) is 35.0 Å². The Kier molecular flexibility index (Phi) is 4.00. The van der Waals surface area contributed by atoms with Gasteiger partial charge in [0.15, 0.2) is 0 Å². The van der Waals surface area contributed by atoms with E-state index in [-0.39, 0.29) is 5.91 Å². The molecule has 1 saturated heterocycles. The summed E-state index contributed by atoms with van der Waals surface area (Å²) in [5, 5.41) is 7.51. The highest BCUT2D eigenvalue weighted by Gasteiger charge is 2.28. The van der Waals surface area contributed by atoms with Crippen molar-refractivity contribution in [1.29, 1.82) is 0 Å². The number of carbonyl (C=O) groups excluding carboxylic acids is 1. The summed E-state index contributed by atoms with van der Waals surface area (Å²) in [6, 6.07) is 6.08. The number of carbonyl (C=O) groups is 1. The molecule has 0 bridgehead atoms. The number of hydrogen-bond acceptors (Lipinski definition) is 3. The molecular weight excluding hydrogens is 302 g/mol. The maximum atomic E-state index is 12.9. The van der Waals surface area contributed by atoms with Crippen LogP contribution in [0.5, 0.6) is 5.75 Å². The van der Waals surface area contributed by atoms with Gasteiger partial charge in [0, 0.05) is 24.2 Å². The monoisotopic (exact) mass is 325 g/mol. The Morgan fingerprint density at radius 3 is 2.71 bits per heavy atom. The van der Waals surface area contributed by atoms with Gasteiger partial charge >= 0.3 is 0 Å². The third-order valence-electron chi connectivity index (χ3n) is 5.19. The number of aromatic amines is 1. The fraction of sp³-hybridized carbons (Fsp3) is 0.474. The molecule has 1 amide bonds. The first-order valence-corrected chi connectivity index (χ1v) is 8.81. The van der Waals surface area contributed by atoms with E-state index < -0.39 is 0 Å². The summed E-state index contributed by atoms with van der Waals surface area (Å²) in [6.07, 6.45) is 6.41. The SMILES string of the molecule is COc1ccc2c(c1)CCc1c-2n[nH]c1C(=O)N1CCCCCC1. The quantitative estimate of drug-likeness (QED) is 0.922. The van der Waals surface area contributed by atoms with Crippen molar-refractivity contribution in [2.24, 2.45) is 0 Å². The predicted molar refractivity (Wildman–Crippen MR) is 92.4 cm³/mol. The summed E-state index contributed by atoms with van der Waals surface area (Å²) >= 11 is 0. The molecule has 2 aliphatic rings. The van der Waals surface area contributed by atoms with Gasteiger partial charge in [-0.3, -0.25) is 9.89 Å². The van der Waals surface area contributed by atoms with E-state index in [4.69, 9.17) is 4.74 Å². The van der Waals surface area contributed by atoms with Gasteiger partial charge in [-0.2, -0.15) is 5.10 Å². The summed E-state index contributed by atoms with van der Waals surface area (Å²) in [5.74, 6) is 0.983. The number of amides is 1. The molecular formula is C19H23N3O2. The van der Waals surface area contributed by atoms with Crippen LogP contribution in [0.25, 0.3) is 11.3 Å². The van der Waals surface area contributed by atoms with Crippen LogP contribution in [0.3, 0.4) is 0 Å². The maximum Gasteiger partial charge on any atom is 0.272 e. The molecule has 24 heavy (non-hydrogen) atoms. The second-order valence-corrected chi connectivity index (χ2v) is 6.66. The molecule has 5 heteroatoms. The van der Waals surface area contributed by atoms with Crippen molar-refractivity contribution in [2.75, 3.05) is 20.2 Å². The molecule has 1 N–H and O–H groups in total. The molecule has 126 valence electrons. The molecule has 0 unspecified atom stereocenters. The number of H-pyrrole nitrogens is 1. The first-order chi connectivity index (χ1) is 11.8. The molecule has 0 spiro atoms. The summed E-state index contributed by atoms with van der Waals surface area (Å²) in [6.45, 7) is 1.72. The van der Waals surface area contributed by atoms with Crippen LogP contribution >= 0.6 is 0 Å². The third kappa shape index (κ3) is 2.58. The molecule has 2 heterocycles. The molecule has 4 rings (SSSR count). The normalized spacial score (nSPS) is 17.0. The Bertz CT molecular complexity index is 758. The Morgan fingerprint density at radius 1 is 1.17 bits per heavy atom. The van der Waals surface area contributed by atoms with Gasteiger partial charge in [0.25, 0.3) is 5.91 Å². The van der Waals surface area contributed by atoms with Crippen molar-refractivity contribution in [3.63, 3.8) is 0 Å². The topological polar surface area (TPSA) is 58.2 Å². The van der Waals surface area contributed by atoms with E-state index in [2.05, 4.69) is 16.3 Å². The Labute approximate surface area is 142 Å². The minimum Gasteiger partial charge on any atom is -0.497 e. The average molecular weight is 325 g/mol. The lowest BCUT2D eigenvalue weighted by Gasteiger charge is -2.21. The van der Waals surface area contributed by atoms with Crippen LogP contribution in [-0.2, 0) is 12.8 Å². The van der Waals surface area contributed by atoms with Gasteiger partial charge in [0.2, 0.25) is 0 Å². The van der Waals surface area contributed by atoms with Gasteiger partial charge in [-0.15, -0.1) is 0 Å². The number of aryl methyl sites for hydroxylation is 1. The fourth-order valence-corrected chi connectivity index (χ4v) is 3.83. The predicted octanol–water partition coefficient (Wildman–Crippen LogP) is 3.20. The minimum absolute atomic E-state index is 0.114. The second-order valence-electron chi connectivity index (χ2n) is 6.66. The van der Waals surface area contributed by atoms with Gasteiger partial charge in [-0.05, 0) is 49.4 Å². The standard InChI is InChI=1S/C19H23N3O2/c1-24-14-7-9-15-13(12-14)6-8-16-17(15)20-21-18(16)19(23)22-10-4-2-3-5-11-22/h7,9,12H,2-6,8,10-11H2,1H3,(H,20,21). The molecule has 0 saturated carbocycles. The van der Waals surface area contributed by atoms with E-state index in [0.717, 1.165) is 61.3 Å². The molecule has 2 aromatic rings. The first-order valence-electron chi connectivity index (χ1n) is 8.81. The van der Waals surface area contributed by atoms with Gasteiger partial charge < -0.3 is 9.64 Å². The number of likely N-dealkylation sites (tertiary alicyclic amines) is 1. The first kappa shape index (κ1) is 15.2. The van der Waals surface area contributed by atoms with Crippen molar-refractivity contribution in [2.45, 2.75) is 38.5 Å². The zero-order valence-corrected chi connectivity index (χ0v) is 14.1. The molecule has 1 aromatic heterocycles. The highest BCUT2D eigenvalue weighted by molar-refractivity contribution is 5.96. The second kappa shape index (κ2) is 6.30. The highest BCUT2D eigenvalue weighted by atomic mass is 16.5. The number of benzene rings is 1. The van der Waals surface area contributed by atoms with Crippen molar-refractivity contribution < 1.29 is 9.53 Å². The lowest BCUT2D eigenvalue weighted by Crippen LogP contribution is -2.32. The van der Waals surface area contributed by atoms with E-state index >= 15 is 0 Å². The number of rotatable bonds is 2. The molecule has 5 nitrogen and oxygen atoms in total. The minimum atomic E-state index is 0.114. The number of fused-ring (bicyclic) bond motifs is 3. The number of nitrogens with one attached hydrogen (secondary N) is 1. The number of ether oxygens (including phenoxy) is 1. The lowest BCUT2D eigenvalue weighted by molar-refractivity contribution is 0.0754. The summed E-state index contributed by atoms with van der Waals surface area (Å²) < 4.78 is 5.31. The van der Waals surface area contributed by atoms with Crippen molar-refractivity contribution in [1.82, 2.24) is 15.1 Å². The third-order valence-corrected chi connectivity index (χ3v) is 5.19. The Balaban J connectivity index is 1.66. The molecule has 0 atom stereocenters. The van der Waals surface area contributed by atoms with Crippen LogP contribution in [0.1, 0.15) is 47.3 Å². The molecule has 1 aliphatic carbocycles. The molecule has 0 radical (unpaired) electrons. The number of aromatic nitrogens is 2. The van der Waals surface area contributed by atoms with E-state index in [9.17, 15) is 4.79 Å². The Hall–Kier alpha value is -2.30. The summed E-state index contributed by atoms with van der Waals surface area (Å²) in [4.78, 5) is 14.9. The van der Waals surface area contributed by atoms with Gasteiger partial charge in [0.05, 0.1) is 12.8 Å². The van der Waals surface area contributed by atoms with E-state index in [1.807, 2.05) is 17.0 Å². The van der Waals surface area contributed by atoms with Gasteiger partial charge in [-0.1, -0.05) is 12.8 Å². The number of hydrogen-bond donors (Lipinski definition) is 1. The molecule has 1 aliphatic heterocycles. The lowest BCUT2D eigenvalue weighted by atomic mass is 9.88. The molecule has 1 fully saturated rings. The number of nitrogens with zero attached hydrogens (tertiary/aromatic N) is 2. The summed E-state index contributed by atoms with van der Waals surface area (Å²) in [7, 11) is 1.68. The van der Waals surface area contributed by atoms with Crippen LogP contribution in [0.2, 0.25) is 0 Å². The van der Waals surface area contributed by atoms with E-state index in [1.165, 1.54) is 18.4 Å². The smallest absolute Gasteiger partial charge is 0.272 e. The zero-order valence-electron chi connectivity index (χ0n) is 14.1. The average Bonchev–Trinajstić information content (AvgIpc) is 2.86. The van der Waals surface area contributed by atoms with E-state index in [1.54, 1.807) is 7.11 Å². The van der Waals surface area contributed by atoms with Crippen LogP contribution in [-0.4, -0.2) is 41.2 Å². The molecule has 1 aromatic carbocycles. The Morgan fingerprint density at radius 2 is 1.96 bits per heavy atom. The van der Waals surface area contributed by atoms with Crippen LogP contribution < -0.4 is 4.74 Å². The van der Waals surface area contributed by atoms with E-state index in [0.29, 0.717) is 5.69 Å². The number of methoxy groups -OCH3 is 1. The highest BCUT2D eigenvalue weighted by Crippen LogP contribution is 2.35. The summed E-state index contributed by atoms with van der Waals surface area (Å²) in [5.41, 5.74) is 5.04. The van der Waals surface area contributed by atoms with Crippen LogP contribution in [0, 0.1) is 0 Å². The van der Waals surface area contributed by atoms with Crippen molar-refractivity contribution >= 4 is 5.91 Å². The fourth-order valence-electron chi connectivity index (χ4n) is 3.83.